The topological polar surface area (TPSA) is 101 Å². The minimum atomic E-state index is -1.12. The molecule has 3 N–H and O–H groups in total. The molecular formula is C26H30FN7O. The number of nitrogens with zero attached hydrogens (tertiary/aromatic N) is 5. The quantitative estimate of drug-likeness (QED) is 0.400. The van der Waals surface area contributed by atoms with Crippen LogP contribution >= 0.6 is 0 Å². The second kappa shape index (κ2) is 8.27. The lowest BCUT2D eigenvalue weighted by Crippen LogP contribution is -2.67. The molecule has 3 heterocycles. The number of hydrogen-bond donors (Lipinski definition) is 3. The van der Waals surface area contributed by atoms with Gasteiger partial charge in [-0.1, -0.05) is 12.1 Å². The minimum Gasteiger partial charge on any atom is -0.507 e. The number of phenols is 1. The van der Waals surface area contributed by atoms with Gasteiger partial charge in [-0.05, 0) is 69.5 Å². The third-order valence-electron chi connectivity index (χ3n) is 6.66. The number of rotatable bonds is 4. The van der Waals surface area contributed by atoms with Gasteiger partial charge < -0.3 is 15.7 Å². The van der Waals surface area contributed by atoms with E-state index >= 15 is 4.39 Å². The molecule has 1 fully saturated rings. The van der Waals surface area contributed by atoms with Crippen LogP contribution in [-0.2, 0) is 7.05 Å². The Kier molecular flexibility index (Phi) is 5.47. The Bertz CT molecular complexity index is 1380. The molecular weight excluding hydrogens is 445 g/mol. The first-order chi connectivity index (χ1) is 16.5. The van der Waals surface area contributed by atoms with Crippen molar-refractivity contribution in [2.45, 2.75) is 57.4 Å². The van der Waals surface area contributed by atoms with Crippen LogP contribution < -0.4 is 10.6 Å². The molecule has 0 spiro atoms. The van der Waals surface area contributed by atoms with Crippen LogP contribution in [0.5, 0.6) is 5.75 Å². The normalized spacial score (nSPS) is 21.2. The molecule has 1 saturated heterocycles. The third kappa shape index (κ3) is 4.43. The van der Waals surface area contributed by atoms with E-state index in [1.54, 1.807) is 12.1 Å². The standard InChI is InChI=1S/C26H30FN7O/c1-25(2)12-19(23(27)26(3,4)33-25)30-24-28-14-20(31-32-24)18-8-6-16(11-22(18)35)15-7-9-21-17(10-15)13-29-34(21)5/h6-11,13-14,19,23,33,35H,12H2,1-5H3,(H,28,30,32)/t19-,23+/m1/s1. The summed E-state index contributed by atoms with van der Waals surface area (Å²) in [5.41, 5.74) is 2.94. The molecule has 5 rings (SSSR count). The summed E-state index contributed by atoms with van der Waals surface area (Å²) in [7, 11) is 1.91. The van der Waals surface area contributed by atoms with Gasteiger partial charge in [-0.3, -0.25) is 4.68 Å². The number of aromatic nitrogens is 5. The molecule has 8 nitrogen and oxygen atoms in total. The Balaban J connectivity index is 1.35. The van der Waals surface area contributed by atoms with E-state index in [2.05, 4.69) is 44.8 Å². The van der Waals surface area contributed by atoms with Gasteiger partial charge >= 0.3 is 0 Å². The predicted molar refractivity (Wildman–Crippen MR) is 135 cm³/mol. The van der Waals surface area contributed by atoms with Crippen molar-refractivity contribution in [2.75, 3.05) is 5.32 Å². The maximum absolute atomic E-state index is 15.1. The maximum Gasteiger partial charge on any atom is 0.243 e. The van der Waals surface area contributed by atoms with Crippen LogP contribution in [0.3, 0.4) is 0 Å². The number of fused-ring (bicyclic) bond motifs is 1. The van der Waals surface area contributed by atoms with Gasteiger partial charge in [-0.25, -0.2) is 9.37 Å². The molecule has 0 saturated carbocycles. The predicted octanol–water partition coefficient (Wildman–Crippen LogP) is 4.47. The molecule has 1 aliphatic heterocycles. The van der Waals surface area contributed by atoms with Crippen LogP contribution in [-0.4, -0.2) is 53.4 Å². The van der Waals surface area contributed by atoms with E-state index in [-0.39, 0.29) is 17.2 Å². The zero-order valence-electron chi connectivity index (χ0n) is 20.5. The lowest BCUT2D eigenvalue weighted by atomic mass is 9.78. The lowest BCUT2D eigenvalue weighted by molar-refractivity contribution is 0.0654. The van der Waals surface area contributed by atoms with Gasteiger partial charge in [0.1, 0.15) is 17.6 Å². The van der Waals surface area contributed by atoms with Gasteiger partial charge in [0.15, 0.2) is 0 Å². The molecule has 0 aliphatic carbocycles. The Morgan fingerprint density at radius 3 is 2.51 bits per heavy atom. The van der Waals surface area contributed by atoms with E-state index in [0.29, 0.717) is 17.7 Å². The second-order valence-electron chi connectivity index (χ2n) is 10.5. The number of alkyl halides is 1. The van der Waals surface area contributed by atoms with Crippen LogP contribution in [0.2, 0.25) is 0 Å². The number of aromatic hydroxyl groups is 1. The molecule has 2 atom stereocenters. The van der Waals surface area contributed by atoms with E-state index in [0.717, 1.165) is 22.0 Å². The number of hydrogen-bond acceptors (Lipinski definition) is 7. The number of benzene rings is 2. The molecule has 1 aliphatic rings. The van der Waals surface area contributed by atoms with Gasteiger partial charge in [0.2, 0.25) is 5.95 Å². The van der Waals surface area contributed by atoms with Crippen LogP contribution in [0, 0.1) is 0 Å². The number of anilines is 1. The van der Waals surface area contributed by atoms with Crippen LogP contribution in [0.25, 0.3) is 33.3 Å². The highest BCUT2D eigenvalue weighted by Crippen LogP contribution is 2.34. The third-order valence-corrected chi connectivity index (χ3v) is 6.66. The fourth-order valence-electron chi connectivity index (χ4n) is 5.17. The number of aryl methyl sites for hydroxylation is 1. The van der Waals surface area contributed by atoms with E-state index in [1.165, 1.54) is 6.20 Å². The van der Waals surface area contributed by atoms with Crippen LogP contribution in [0.15, 0.2) is 48.8 Å². The number of halogens is 1. The number of phenolic OH excluding ortho intramolecular Hbond substituents is 1. The van der Waals surface area contributed by atoms with E-state index in [1.807, 2.05) is 56.0 Å². The first-order valence-electron chi connectivity index (χ1n) is 11.7. The van der Waals surface area contributed by atoms with Crippen molar-refractivity contribution in [1.29, 1.82) is 0 Å². The molecule has 182 valence electrons. The molecule has 0 unspecified atom stereocenters. The van der Waals surface area contributed by atoms with Crippen molar-refractivity contribution < 1.29 is 9.50 Å². The molecule has 0 amide bonds. The fourth-order valence-corrected chi connectivity index (χ4v) is 5.17. The van der Waals surface area contributed by atoms with Crippen molar-refractivity contribution in [1.82, 2.24) is 30.3 Å². The van der Waals surface area contributed by atoms with Gasteiger partial charge in [-0.2, -0.15) is 5.10 Å². The van der Waals surface area contributed by atoms with Gasteiger partial charge in [0.05, 0.1) is 24.0 Å². The van der Waals surface area contributed by atoms with Crippen LogP contribution in [0.4, 0.5) is 10.3 Å². The zero-order valence-corrected chi connectivity index (χ0v) is 20.5. The van der Waals surface area contributed by atoms with Crippen LogP contribution in [0.1, 0.15) is 34.1 Å². The summed E-state index contributed by atoms with van der Waals surface area (Å²) in [6.07, 6.45) is 2.81. The Hall–Kier alpha value is -3.59. The largest absolute Gasteiger partial charge is 0.507 e. The minimum absolute atomic E-state index is 0.0799. The summed E-state index contributed by atoms with van der Waals surface area (Å²) in [6.45, 7) is 7.82. The summed E-state index contributed by atoms with van der Waals surface area (Å²) in [5, 5.41) is 30.9. The fraction of sp³-hybridized carbons (Fsp3) is 0.385. The first kappa shape index (κ1) is 23.2. The van der Waals surface area contributed by atoms with E-state index in [4.69, 9.17) is 0 Å². The summed E-state index contributed by atoms with van der Waals surface area (Å²) in [4.78, 5) is 4.35. The van der Waals surface area contributed by atoms with Gasteiger partial charge in [0, 0.05) is 29.1 Å². The Morgan fingerprint density at radius 2 is 1.80 bits per heavy atom. The van der Waals surface area contributed by atoms with Crippen molar-refractivity contribution in [3.8, 4) is 28.1 Å². The summed E-state index contributed by atoms with van der Waals surface area (Å²) >= 11 is 0. The summed E-state index contributed by atoms with van der Waals surface area (Å²) < 4.78 is 16.9. The molecule has 0 radical (unpaired) electrons. The molecule has 9 heteroatoms. The molecule has 2 aromatic heterocycles. The Morgan fingerprint density at radius 1 is 1.06 bits per heavy atom. The average molecular weight is 476 g/mol. The van der Waals surface area contributed by atoms with Gasteiger partial charge in [0.25, 0.3) is 0 Å². The Labute approximate surface area is 203 Å². The zero-order chi connectivity index (χ0) is 25.0. The second-order valence-corrected chi connectivity index (χ2v) is 10.5. The highest BCUT2D eigenvalue weighted by molar-refractivity contribution is 5.85. The first-order valence-corrected chi connectivity index (χ1v) is 11.7. The van der Waals surface area contributed by atoms with Crippen molar-refractivity contribution in [3.05, 3.63) is 48.8 Å². The SMILES string of the molecule is Cn1ncc2cc(-c3ccc(-c4cnc(N[C@@H]5CC(C)(C)NC(C)(C)[C@H]5F)nn4)c(O)c3)ccc21. The molecule has 35 heavy (non-hydrogen) atoms. The lowest BCUT2D eigenvalue weighted by Gasteiger charge is -2.48. The smallest absolute Gasteiger partial charge is 0.243 e. The molecule has 0 bridgehead atoms. The van der Waals surface area contributed by atoms with Gasteiger partial charge in [-0.15, -0.1) is 10.2 Å². The van der Waals surface area contributed by atoms with E-state index < -0.39 is 17.8 Å². The number of nitrogens with one attached hydrogen (secondary N) is 2. The summed E-state index contributed by atoms with van der Waals surface area (Å²) in [6, 6.07) is 11.0. The maximum atomic E-state index is 15.1. The molecule has 2 aromatic carbocycles. The average Bonchev–Trinajstić information content (AvgIpc) is 3.17. The van der Waals surface area contributed by atoms with Crippen molar-refractivity contribution in [2.24, 2.45) is 7.05 Å². The van der Waals surface area contributed by atoms with Crippen molar-refractivity contribution >= 4 is 16.9 Å². The highest BCUT2D eigenvalue weighted by Gasteiger charge is 2.46. The molecule has 4 aromatic rings. The number of piperidine rings is 1. The highest BCUT2D eigenvalue weighted by atomic mass is 19.1. The summed E-state index contributed by atoms with van der Waals surface area (Å²) in [5.74, 6) is 0.340. The monoisotopic (exact) mass is 475 g/mol. The van der Waals surface area contributed by atoms with E-state index in [9.17, 15) is 5.11 Å². The van der Waals surface area contributed by atoms with Crippen molar-refractivity contribution in [3.63, 3.8) is 0 Å².